The van der Waals surface area contributed by atoms with Gasteiger partial charge < -0.3 is 15.1 Å². The van der Waals surface area contributed by atoms with Crippen molar-refractivity contribution in [2.24, 2.45) is 7.05 Å². The topological polar surface area (TPSA) is 89.2 Å². The van der Waals surface area contributed by atoms with Gasteiger partial charge in [0, 0.05) is 23.0 Å². The Morgan fingerprint density at radius 1 is 1.27 bits per heavy atom. The lowest BCUT2D eigenvalue weighted by Crippen LogP contribution is -2.33. The number of fused-ring (bicyclic) bond motifs is 1. The largest absolute Gasteiger partial charge is 0.451 e. The number of amides is 2. The number of hydrogen-bond acceptors (Lipinski definition) is 4. The highest BCUT2D eigenvalue weighted by Crippen LogP contribution is 2.27. The van der Waals surface area contributed by atoms with Crippen LogP contribution in [0.5, 0.6) is 0 Å². The van der Waals surface area contributed by atoms with Crippen LogP contribution >= 0.6 is 11.6 Å². The summed E-state index contributed by atoms with van der Waals surface area (Å²) in [5.41, 5.74) is 3.46. The molecule has 136 valence electrons. The number of rotatable bonds is 4. The molecule has 3 aromatic rings. The van der Waals surface area contributed by atoms with Crippen LogP contribution in [0.15, 0.2) is 22.6 Å². The summed E-state index contributed by atoms with van der Waals surface area (Å²) in [5.74, 6) is -0.622. The normalized spacial score (nSPS) is 11.0. The Morgan fingerprint density at radius 3 is 2.65 bits per heavy atom. The average molecular weight is 375 g/mol. The summed E-state index contributed by atoms with van der Waals surface area (Å²) in [6.45, 7) is 5.27. The van der Waals surface area contributed by atoms with E-state index in [9.17, 15) is 9.59 Å². The van der Waals surface area contributed by atoms with E-state index in [1.807, 2.05) is 13.8 Å². The molecule has 3 rings (SSSR count). The summed E-state index contributed by atoms with van der Waals surface area (Å²) < 4.78 is 7.28. The fraction of sp³-hybridized carbons (Fsp3) is 0.278. The zero-order valence-electron chi connectivity index (χ0n) is 14.9. The minimum Gasteiger partial charge on any atom is -0.451 e. The van der Waals surface area contributed by atoms with Crippen molar-refractivity contribution in [1.82, 2.24) is 15.1 Å². The van der Waals surface area contributed by atoms with E-state index in [1.165, 1.54) is 0 Å². The second-order valence-corrected chi connectivity index (χ2v) is 6.53. The molecule has 2 aromatic heterocycles. The molecule has 8 heteroatoms. The van der Waals surface area contributed by atoms with Crippen LogP contribution in [0, 0.1) is 20.8 Å². The molecule has 26 heavy (non-hydrogen) atoms. The predicted molar refractivity (Wildman–Crippen MR) is 99.6 cm³/mol. The minimum absolute atomic E-state index is 0.170. The highest BCUT2D eigenvalue weighted by Gasteiger charge is 2.19. The summed E-state index contributed by atoms with van der Waals surface area (Å²) in [7, 11) is 1.80. The van der Waals surface area contributed by atoms with Gasteiger partial charge in [0.25, 0.3) is 5.91 Å². The number of nitrogens with zero attached hydrogens (tertiary/aromatic N) is 2. The van der Waals surface area contributed by atoms with Gasteiger partial charge in [0.2, 0.25) is 5.91 Å². The van der Waals surface area contributed by atoms with Crippen LogP contribution < -0.4 is 10.6 Å². The van der Waals surface area contributed by atoms with Gasteiger partial charge in [-0.15, -0.1) is 0 Å². The smallest absolute Gasteiger partial charge is 0.287 e. The number of carbonyl (C=O) groups is 2. The van der Waals surface area contributed by atoms with E-state index in [2.05, 4.69) is 15.7 Å². The number of benzene rings is 1. The van der Waals surface area contributed by atoms with Crippen LogP contribution in [0.4, 0.5) is 5.69 Å². The van der Waals surface area contributed by atoms with Gasteiger partial charge in [-0.25, -0.2) is 0 Å². The van der Waals surface area contributed by atoms with Crippen molar-refractivity contribution < 1.29 is 14.0 Å². The summed E-state index contributed by atoms with van der Waals surface area (Å²) in [5, 5.41) is 10.9. The zero-order chi connectivity index (χ0) is 19.0. The molecule has 0 aliphatic heterocycles. The van der Waals surface area contributed by atoms with Crippen molar-refractivity contribution in [2.45, 2.75) is 20.8 Å². The molecule has 0 saturated carbocycles. The Kier molecular flexibility index (Phi) is 4.73. The van der Waals surface area contributed by atoms with Crippen LogP contribution in [-0.2, 0) is 11.8 Å². The quantitative estimate of drug-likeness (QED) is 0.734. The first-order valence-electron chi connectivity index (χ1n) is 8.05. The lowest BCUT2D eigenvalue weighted by molar-refractivity contribution is -0.115. The average Bonchev–Trinajstić information content (AvgIpc) is 3.04. The number of halogens is 1. The molecule has 0 aliphatic carbocycles. The third kappa shape index (κ3) is 3.30. The highest BCUT2D eigenvalue weighted by atomic mass is 35.5. The van der Waals surface area contributed by atoms with Crippen molar-refractivity contribution in [3.8, 4) is 0 Å². The maximum atomic E-state index is 12.4. The van der Waals surface area contributed by atoms with Gasteiger partial charge in [0.1, 0.15) is 5.58 Å². The van der Waals surface area contributed by atoms with E-state index < -0.39 is 5.91 Å². The lowest BCUT2D eigenvalue weighted by atomic mass is 10.1. The van der Waals surface area contributed by atoms with E-state index in [1.54, 1.807) is 36.9 Å². The summed E-state index contributed by atoms with van der Waals surface area (Å²) in [4.78, 5) is 24.5. The van der Waals surface area contributed by atoms with Crippen LogP contribution in [-0.4, -0.2) is 28.1 Å². The number of hydrogen-bond donors (Lipinski definition) is 2. The van der Waals surface area contributed by atoms with Gasteiger partial charge in [0.05, 0.1) is 23.6 Å². The molecule has 0 fully saturated rings. The Balaban J connectivity index is 1.69. The number of nitrogens with one attached hydrogen (secondary N) is 2. The standard InChI is InChI=1S/C18H19ClN4O3/c1-9-13-7-12(19)5-6-14(13)26-17(9)18(25)20-8-15(24)21-16-10(2)22-23(4)11(16)3/h5-7H,8H2,1-4H3,(H,20,25)(H,21,24). The Morgan fingerprint density at radius 2 is 2.00 bits per heavy atom. The second kappa shape index (κ2) is 6.84. The Hall–Kier alpha value is -2.80. The molecule has 0 aliphatic rings. The molecule has 2 N–H and O–H groups in total. The van der Waals surface area contributed by atoms with E-state index in [0.29, 0.717) is 21.9 Å². The fourth-order valence-electron chi connectivity index (χ4n) is 2.79. The third-order valence-corrected chi connectivity index (χ3v) is 4.52. The minimum atomic E-state index is -0.454. The lowest BCUT2D eigenvalue weighted by Gasteiger charge is -2.07. The summed E-state index contributed by atoms with van der Waals surface area (Å²) >= 11 is 5.98. The van der Waals surface area contributed by atoms with Gasteiger partial charge in [-0.05, 0) is 39.0 Å². The van der Waals surface area contributed by atoms with Gasteiger partial charge in [-0.1, -0.05) is 11.6 Å². The maximum Gasteiger partial charge on any atom is 0.287 e. The van der Waals surface area contributed by atoms with Gasteiger partial charge in [-0.2, -0.15) is 5.10 Å². The number of carbonyl (C=O) groups excluding carboxylic acids is 2. The van der Waals surface area contributed by atoms with Crippen molar-refractivity contribution in [3.05, 3.63) is 45.9 Å². The fourth-order valence-corrected chi connectivity index (χ4v) is 2.96. The third-order valence-electron chi connectivity index (χ3n) is 4.29. The second-order valence-electron chi connectivity index (χ2n) is 6.10. The summed E-state index contributed by atoms with van der Waals surface area (Å²) in [6, 6.07) is 5.15. The first-order valence-corrected chi connectivity index (χ1v) is 8.42. The molecular formula is C18H19ClN4O3. The molecule has 0 unspecified atom stereocenters. The molecular weight excluding hydrogens is 356 g/mol. The predicted octanol–water partition coefficient (Wildman–Crippen LogP) is 3.11. The zero-order valence-corrected chi connectivity index (χ0v) is 15.7. The maximum absolute atomic E-state index is 12.4. The number of aryl methyl sites for hydroxylation is 3. The highest BCUT2D eigenvalue weighted by molar-refractivity contribution is 6.31. The molecule has 0 spiro atoms. The molecule has 0 saturated heterocycles. The van der Waals surface area contributed by atoms with Crippen LogP contribution in [0.2, 0.25) is 5.02 Å². The molecule has 1 aromatic carbocycles. The van der Waals surface area contributed by atoms with Crippen molar-refractivity contribution in [3.63, 3.8) is 0 Å². The molecule has 2 heterocycles. The Bertz CT molecular complexity index is 1020. The van der Waals surface area contributed by atoms with Crippen LogP contribution in [0.3, 0.4) is 0 Å². The van der Waals surface area contributed by atoms with Crippen molar-refractivity contribution in [1.29, 1.82) is 0 Å². The molecule has 0 atom stereocenters. The SMILES string of the molecule is Cc1nn(C)c(C)c1NC(=O)CNC(=O)c1oc2ccc(Cl)cc2c1C. The molecule has 0 bridgehead atoms. The Labute approximate surface area is 155 Å². The van der Waals surface area contributed by atoms with E-state index in [-0.39, 0.29) is 18.2 Å². The van der Waals surface area contributed by atoms with Crippen molar-refractivity contribution >= 4 is 40.1 Å². The van der Waals surface area contributed by atoms with E-state index >= 15 is 0 Å². The van der Waals surface area contributed by atoms with Gasteiger partial charge >= 0.3 is 0 Å². The van der Waals surface area contributed by atoms with E-state index in [0.717, 1.165) is 16.8 Å². The van der Waals surface area contributed by atoms with E-state index in [4.69, 9.17) is 16.0 Å². The van der Waals surface area contributed by atoms with Gasteiger partial charge in [0.15, 0.2) is 5.76 Å². The van der Waals surface area contributed by atoms with Gasteiger partial charge in [-0.3, -0.25) is 14.3 Å². The monoisotopic (exact) mass is 374 g/mol. The first-order chi connectivity index (χ1) is 12.3. The first kappa shape index (κ1) is 18.0. The van der Waals surface area contributed by atoms with Crippen LogP contribution in [0.1, 0.15) is 27.5 Å². The van der Waals surface area contributed by atoms with Crippen molar-refractivity contribution in [2.75, 3.05) is 11.9 Å². The number of furan rings is 1. The summed E-state index contributed by atoms with van der Waals surface area (Å²) in [6.07, 6.45) is 0. The molecule has 2 amide bonds. The number of anilines is 1. The van der Waals surface area contributed by atoms with Crippen LogP contribution in [0.25, 0.3) is 11.0 Å². The molecule has 0 radical (unpaired) electrons. The number of aromatic nitrogens is 2. The molecule has 7 nitrogen and oxygen atoms in total.